The Morgan fingerprint density at radius 2 is 0.955 bits per heavy atom. The van der Waals surface area contributed by atoms with E-state index in [0.717, 1.165) is 12.5 Å². The molecular weight excluding hydrogens is 1010 g/mol. The molecule has 0 aliphatic carbocycles. The van der Waals surface area contributed by atoms with Crippen molar-refractivity contribution in [1.29, 1.82) is 0 Å². The lowest BCUT2D eigenvalue weighted by Crippen LogP contribution is -2.40. The van der Waals surface area contributed by atoms with E-state index >= 15 is 0 Å². The van der Waals surface area contributed by atoms with Crippen LogP contribution in [0.2, 0.25) is 0 Å². The maximum atomic E-state index is 13.2. The summed E-state index contributed by atoms with van der Waals surface area (Å²) in [6.07, 6.45) is 5.00. The largest absolute Gasteiger partial charge is 0.399 e. The van der Waals surface area contributed by atoms with Crippen LogP contribution in [-0.4, -0.2) is 77.1 Å². The normalized spacial score (nSPS) is 12.3. The molecule has 0 aliphatic rings. The number of benzene rings is 4. The van der Waals surface area contributed by atoms with Gasteiger partial charge in [-0.2, -0.15) is 0 Å². The van der Waals surface area contributed by atoms with Gasteiger partial charge in [0.1, 0.15) is 10.0 Å². The number of nitro groups is 2. The Balaban J connectivity index is 0.000000267. The van der Waals surface area contributed by atoms with Crippen molar-refractivity contribution in [2.24, 2.45) is 0 Å². The van der Waals surface area contributed by atoms with Gasteiger partial charge in [-0.1, -0.05) is 12.1 Å². The molecule has 20 nitrogen and oxygen atoms in total. The van der Waals surface area contributed by atoms with Crippen LogP contribution in [0.4, 0.5) is 22.7 Å². The third kappa shape index (κ3) is 16.7. The Labute approximate surface area is 400 Å². The summed E-state index contributed by atoms with van der Waals surface area (Å²) in [5, 5.41) is 22.9. The first kappa shape index (κ1) is 54.2. The van der Waals surface area contributed by atoms with E-state index in [-0.39, 0.29) is 26.9 Å². The summed E-state index contributed by atoms with van der Waals surface area (Å²) < 4.78 is 102. The molecule has 2 aromatic heterocycles. The summed E-state index contributed by atoms with van der Waals surface area (Å²) in [5.74, 6) is 0. The van der Waals surface area contributed by atoms with Gasteiger partial charge in [0.05, 0.1) is 41.9 Å². The van der Waals surface area contributed by atoms with Crippen molar-refractivity contribution in [3.8, 4) is 42.0 Å². The fourth-order valence-electron chi connectivity index (χ4n) is 5.62. The molecule has 0 aliphatic heterocycles. The standard InChI is InChI=1S/C20H22N4O6S3.C19H20N4O4S2.CH3ClO2S/c1-20(2,3)23-33(29,30)18-11-14(22-32(4,27)28)7-10-16(18)17-12-21-19(31-17)13-5-8-15(9-6-13)24(25)26;1-19(2,3)22-29(26,27)17-10-13(20)6-9-15(17)16-11-21-18(28-16)12-4-7-14(8-5-12)23(24)25;1-5(2,3)4/h5-12,22-23H,1-4H3;4-11,22H,20H2,1-3H3;1H3. The van der Waals surface area contributed by atoms with Gasteiger partial charge in [-0.3, -0.25) is 25.0 Å². The average molecular weight is 1060 g/mol. The molecule has 0 fully saturated rings. The van der Waals surface area contributed by atoms with Crippen molar-refractivity contribution in [2.75, 3.05) is 23.0 Å². The first-order valence-corrected chi connectivity index (χ1v) is 28.2. The molecule has 0 unspecified atom stereocenters. The smallest absolute Gasteiger partial charge is 0.269 e. The minimum Gasteiger partial charge on any atom is -0.399 e. The SMILES string of the molecule is CC(C)(C)NS(=O)(=O)c1cc(N)ccc1-c1cnc(-c2ccc([N+](=O)[O-])cc2)s1.CC(C)(C)NS(=O)(=O)c1cc(NS(C)(=O)=O)ccc1-c1cnc(-c2ccc([N+](=O)[O-])cc2)s1.CS(=O)(=O)Cl. The van der Waals surface area contributed by atoms with E-state index in [1.54, 1.807) is 84.1 Å². The quantitative estimate of drug-likeness (QED) is 0.0390. The number of nitrogens with zero attached hydrogens (tertiary/aromatic N) is 4. The monoisotopic (exact) mass is 1060 g/mol. The van der Waals surface area contributed by atoms with E-state index in [4.69, 9.17) is 5.73 Å². The van der Waals surface area contributed by atoms with Gasteiger partial charge in [-0.15, -0.1) is 22.7 Å². The molecular formula is C40H45ClN8O12S6. The molecule has 27 heteroatoms. The Morgan fingerprint density at radius 3 is 1.30 bits per heavy atom. The Morgan fingerprint density at radius 1 is 0.597 bits per heavy atom. The van der Waals surface area contributed by atoms with Crippen LogP contribution in [-0.2, 0) is 39.1 Å². The highest BCUT2D eigenvalue weighted by atomic mass is 35.7. The van der Waals surface area contributed by atoms with Gasteiger partial charge in [0, 0.05) is 92.0 Å². The van der Waals surface area contributed by atoms with E-state index in [9.17, 15) is 53.9 Å². The van der Waals surface area contributed by atoms with Crippen molar-refractivity contribution in [1.82, 2.24) is 19.4 Å². The van der Waals surface area contributed by atoms with Crippen LogP contribution < -0.4 is 19.9 Å². The maximum absolute atomic E-state index is 13.2. The number of hydrogen-bond acceptors (Lipinski definition) is 17. The van der Waals surface area contributed by atoms with Crippen LogP contribution in [0.15, 0.2) is 107 Å². The highest BCUT2D eigenvalue weighted by Gasteiger charge is 2.28. The highest BCUT2D eigenvalue weighted by molar-refractivity contribution is 8.13. The van der Waals surface area contributed by atoms with Crippen molar-refractivity contribution < 1.29 is 43.5 Å². The summed E-state index contributed by atoms with van der Waals surface area (Å²) in [7, 11) is -10.2. The van der Waals surface area contributed by atoms with Crippen molar-refractivity contribution in [2.45, 2.75) is 62.4 Å². The van der Waals surface area contributed by atoms with E-state index in [1.165, 1.54) is 77.4 Å². The van der Waals surface area contributed by atoms with Crippen LogP contribution in [0.25, 0.3) is 42.0 Å². The zero-order valence-electron chi connectivity index (χ0n) is 36.8. The maximum Gasteiger partial charge on any atom is 0.269 e. The molecule has 6 rings (SSSR count). The van der Waals surface area contributed by atoms with E-state index in [1.807, 2.05) is 0 Å². The Hall–Kier alpha value is -5.45. The number of aromatic nitrogens is 2. The number of nitrogens with two attached hydrogens (primary N) is 1. The number of non-ortho nitro benzene ring substituents is 2. The third-order valence-corrected chi connectivity index (χ3v) is 14.3. The van der Waals surface area contributed by atoms with Gasteiger partial charge in [0.25, 0.3) is 11.4 Å². The third-order valence-electron chi connectivity index (χ3n) is 7.94. The molecule has 0 saturated heterocycles. The molecule has 0 radical (unpaired) electrons. The minimum atomic E-state index is -4.03. The molecule has 0 saturated carbocycles. The number of nitrogen functional groups attached to an aromatic ring is 1. The van der Waals surface area contributed by atoms with E-state index in [0.29, 0.717) is 47.7 Å². The second-order valence-electron chi connectivity index (χ2n) is 16.4. The molecule has 4 aromatic carbocycles. The molecule has 0 atom stereocenters. The summed E-state index contributed by atoms with van der Waals surface area (Å²) in [6.45, 7) is 10.4. The van der Waals surface area contributed by atoms with Crippen LogP contribution >= 0.6 is 33.4 Å². The van der Waals surface area contributed by atoms with Gasteiger partial charge in [0.2, 0.25) is 39.1 Å². The number of rotatable bonds is 12. The summed E-state index contributed by atoms with van der Waals surface area (Å²) in [4.78, 5) is 30.6. The number of hydrogen-bond donors (Lipinski definition) is 4. The van der Waals surface area contributed by atoms with Crippen LogP contribution in [0.5, 0.6) is 0 Å². The highest BCUT2D eigenvalue weighted by Crippen LogP contribution is 2.39. The number of anilines is 2. The number of halogens is 1. The lowest BCUT2D eigenvalue weighted by molar-refractivity contribution is -0.385. The zero-order valence-corrected chi connectivity index (χ0v) is 42.5. The predicted molar refractivity (Wildman–Crippen MR) is 263 cm³/mol. The fourth-order valence-corrected chi connectivity index (χ4v) is 11.6. The first-order valence-electron chi connectivity index (χ1n) is 19.0. The minimum absolute atomic E-state index is 0.00861. The molecule has 0 spiro atoms. The zero-order chi connectivity index (χ0) is 50.5. The van der Waals surface area contributed by atoms with Crippen LogP contribution in [0.1, 0.15) is 41.5 Å². The van der Waals surface area contributed by atoms with Gasteiger partial charge in [0.15, 0.2) is 0 Å². The summed E-state index contributed by atoms with van der Waals surface area (Å²) >= 11 is 2.50. The van der Waals surface area contributed by atoms with Crippen LogP contribution in [0, 0.1) is 20.2 Å². The van der Waals surface area contributed by atoms with Crippen LogP contribution in [0.3, 0.4) is 0 Å². The lowest BCUT2D eigenvalue weighted by atomic mass is 10.1. The van der Waals surface area contributed by atoms with Gasteiger partial charge in [-0.25, -0.2) is 53.1 Å². The fraction of sp³-hybridized carbons (Fsp3) is 0.250. The number of sulfonamides is 3. The summed E-state index contributed by atoms with van der Waals surface area (Å²) in [5.41, 5.74) is 6.98. The summed E-state index contributed by atoms with van der Waals surface area (Å²) in [6, 6.07) is 20.9. The molecule has 360 valence electrons. The first-order chi connectivity index (χ1) is 30.6. The van der Waals surface area contributed by atoms with E-state index < -0.39 is 60.0 Å². The predicted octanol–water partition coefficient (Wildman–Crippen LogP) is 8.06. The van der Waals surface area contributed by atoms with Gasteiger partial charge >= 0.3 is 0 Å². The number of thiazole rings is 2. The number of nitro benzene ring substituents is 2. The van der Waals surface area contributed by atoms with Crippen molar-refractivity contribution >= 4 is 95.2 Å². The second-order valence-corrected chi connectivity index (χ2v) is 26.6. The molecule has 5 N–H and O–H groups in total. The second kappa shape index (κ2) is 20.8. The van der Waals surface area contributed by atoms with E-state index in [2.05, 4.69) is 34.8 Å². The Bertz CT molecular complexity index is 3230. The molecule has 0 bridgehead atoms. The molecule has 2 heterocycles. The molecule has 6 aromatic rings. The lowest BCUT2D eigenvalue weighted by Gasteiger charge is -2.22. The van der Waals surface area contributed by atoms with Gasteiger partial charge in [-0.05, 0) is 90.1 Å². The van der Waals surface area contributed by atoms with Gasteiger partial charge < -0.3 is 5.73 Å². The molecule has 67 heavy (non-hydrogen) atoms. The molecule has 0 amide bonds. The van der Waals surface area contributed by atoms with Crippen molar-refractivity contribution in [3.63, 3.8) is 0 Å². The topological polar surface area (TPSA) is 311 Å². The van der Waals surface area contributed by atoms with Crippen molar-refractivity contribution in [3.05, 3.63) is 118 Å². The average Bonchev–Trinajstić information content (AvgIpc) is 3.87. The number of nitrogens with one attached hydrogen (secondary N) is 3. The Kier molecular flexibility index (Phi) is 16.8.